The lowest BCUT2D eigenvalue weighted by atomic mass is 10.2. The van der Waals surface area contributed by atoms with Crippen LogP contribution < -0.4 is 5.32 Å². The highest BCUT2D eigenvalue weighted by atomic mass is 16.1. The van der Waals surface area contributed by atoms with Gasteiger partial charge in [0.2, 0.25) is 5.91 Å². The topological polar surface area (TPSA) is 32.3 Å². The molecular weight excluding hydrogens is 200 g/mol. The standard InChI is InChI=1S/C13H28N2O/c1-4-7-10-13(16)14-11-8-9-12-15(5-2)6-3/h4-12H2,1-3H3,(H,14,16). The monoisotopic (exact) mass is 228 g/mol. The smallest absolute Gasteiger partial charge is 0.219 e. The summed E-state index contributed by atoms with van der Waals surface area (Å²) in [4.78, 5) is 13.7. The van der Waals surface area contributed by atoms with Gasteiger partial charge in [-0.15, -0.1) is 0 Å². The Labute approximate surface area is 101 Å². The van der Waals surface area contributed by atoms with Crippen molar-refractivity contribution in [2.45, 2.75) is 52.9 Å². The van der Waals surface area contributed by atoms with Gasteiger partial charge in [-0.1, -0.05) is 27.2 Å². The lowest BCUT2D eigenvalue weighted by Crippen LogP contribution is -2.27. The van der Waals surface area contributed by atoms with Crippen LogP contribution in [0.2, 0.25) is 0 Å². The number of carbonyl (C=O) groups is 1. The number of nitrogens with zero attached hydrogens (tertiary/aromatic N) is 1. The highest BCUT2D eigenvalue weighted by molar-refractivity contribution is 5.75. The molecule has 0 bridgehead atoms. The van der Waals surface area contributed by atoms with Gasteiger partial charge in [0, 0.05) is 13.0 Å². The molecule has 0 fully saturated rings. The third kappa shape index (κ3) is 8.72. The summed E-state index contributed by atoms with van der Waals surface area (Å²) in [5.41, 5.74) is 0. The van der Waals surface area contributed by atoms with Crippen LogP contribution in [0.1, 0.15) is 52.9 Å². The molecule has 0 radical (unpaired) electrons. The SMILES string of the molecule is CCCCC(=O)NCCCCN(CC)CC. The molecule has 3 nitrogen and oxygen atoms in total. The summed E-state index contributed by atoms with van der Waals surface area (Å²) in [6.07, 6.45) is 5.05. The summed E-state index contributed by atoms with van der Waals surface area (Å²) in [5.74, 6) is 0.213. The van der Waals surface area contributed by atoms with Crippen LogP contribution in [0.25, 0.3) is 0 Å². The number of rotatable bonds is 10. The van der Waals surface area contributed by atoms with E-state index in [2.05, 4.69) is 31.0 Å². The molecule has 0 aromatic carbocycles. The van der Waals surface area contributed by atoms with Crippen molar-refractivity contribution in [3.05, 3.63) is 0 Å². The highest BCUT2D eigenvalue weighted by Crippen LogP contribution is 1.96. The average molecular weight is 228 g/mol. The zero-order valence-electron chi connectivity index (χ0n) is 11.2. The van der Waals surface area contributed by atoms with Gasteiger partial charge in [-0.25, -0.2) is 0 Å². The maximum atomic E-state index is 11.3. The predicted molar refractivity (Wildman–Crippen MR) is 69.6 cm³/mol. The van der Waals surface area contributed by atoms with Crippen molar-refractivity contribution in [3.63, 3.8) is 0 Å². The first kappa shape index (κ1) is 15.4. The van der Waals surface area contributed by atoms with E-state index in [4.69, 9.17) is 0 Å². The highest BCUT2D eigenvalue weighted by Gasteiger charge is 2.00. The van der Waals surface area contributed by atoms with Crippen LogP contribution in [-0.4, -0.2) is 37.0 Å². The molecule has 0 aliphatic heterocycles. The van der Waals surface area contributed by atoms with Gasteiger partial charge < -0.3 is 10.2 Å². The van der Waals surface area contributed by atoms with Gasteiger partial charge in [-0.05, 0) is 38.9 Å². The zero-order valence-corrected chi connectivity index (χ0v) is 11.2. The fourth-order valence-corrected chi connectivity index (χ4v) is 1.65. The normalized spacial score (nSPS) is 10.8. The summed E-state index contributed by atoms with van der Waals surface area (Å²) in [6.45, 7) is 10.7. The van der Waals surface area contributed by atoms with Crippen LogP contribution in [0.3, 0.4) is 0 Å². The first-order valence-corrected chi connectivity index (χ1v) is 6.73. The molecule has 0 heterocycles. The second-order valence-corrected chi connectivity index (χ2v) is 4.19. The van der Waals surface area contributed by atoms with E-state index in [1.807, 2.05) is 0 Å². The van der Waals surface area contributed by atoms with Crippen LogP contribution in [0.5, 0.6) is 0 Å². The van der Waals surface area contributed by atoms with Crippen molar-refractivity contribution < 1.29 is 4.79 Å². The van der Waals surface area contributed by atoms with E-state index in [1.165, 1.54) is 6.42 Å². The Morgan fingerprint density at radius 2 is 1.75 bits per heavy atom. The van der Waals surface area contributed by atoms with E-state index >= 15 is 0 Å². The van der Waals surface area contributed by atoms with Gasteiger partial charge >= 0.3 is 0 Å². The molecule has 0 aliphatic rings. The molecule has 0 aromatic rings. The van der Waals surface area contributed by atoms with Crippen LogP contribution in [0, 0.1) is 0 Å². The minimum atomic E-state index is 0.213. The molecular formula is C13H28N2O. The van der Waals surface area contributed by atoms with E-state index < -0.39 is 0 Å². The third-order valence-electron chi connectivity index (χ3n) is 2.88. The van der Waals surface area contributed by atoms with Crippen molar-refractivity contribution in [2.75, 3.05) is 26.2 Å². The van der Waals surface area contributed by atoms with Gasteiger partial charge in [0.05, 0.1) is 0 Å². The summed E-state index contributed by atoms with van der Waals surface area (Å²) >= 11 is 0. The van der Waals surface area contributed by atoms with Crippen LogP contribution in [0.15, 0.2) is 0 Å². The van der Waals surface area contributed by atoms with Gasteiger partial charge in [0.25, 0.3) is 0 Å². The summed E-state index contributed by atoms with van der Waals surface area (Å²) in [6, 6.07) is 0. The van der Waals surface area contributed by atoms with E-state index in [0.29, 0.717) is 6.42 Å². The number of unbranched alkanes of at least 4 members (excludes halogenated alkanes) is 2. The third-order valence-corrected chi connectivity index (χ3v) is 2.88. The second kappa shape index (κ2) is 10.9. The fraction of sp³-hybridized carbons (Fsp3) is 0.923. The van der Waals surface area contributed by atoms with E-state index in [-0.39, 0.29) is 5.91 Å². The number of carbonyl (C=O) groups excluding carboxylic acids is 1. The molecule has 0 rings (SSSR count). The predicted octanol–water partition coefficient (Wildman–Crippen LogP) is 2.41. The number of amides is 1. The molecule has 0 saturated carbocycles. The largest absolute Gasteiger partial charge is 0.356 e. The zero-order chi connectivity index (χ0) is 12.2. The van der Waals surface area contributed by atoms with Gasteiger partial charge in [-0.2, -0.15) is 0 Å². The summed E-state index contributed by atoms with van der Waals surface area (Å²) in [7, 11) is 0. The van der Waals surface area contributed by atoms with Crippen molar-refractivity contribution in [3.8, 4) is 0 Å². The van der Waals surface area contributed by atoms with E-state index in [0.717, 1.165) is 45.4 Å². The lowest BCUT2D eigenvalue weighted by molar-refractivity contribution is -0.121. The van der Waals surface area contributed by atoms with Crippen LogP contribution in [-0.2, 0) is 4.79 Å². The van der Waals surface area contributed by atoms with Gasteiger partial charge in [-0.3, -0.25) is 4.79 Å². The van der Waals surface area contributed by atoms with Crippen molar-refractivity contribution in [1.29, 1.82) is 0 Å². The summed E-state index contributed by atoms with van der Waals surface area (Å²) in [5, 5.41) is 2.97. The van der Waals surface area contributed by atoms with Gasteiger partial charge in [0.15, 0.2) is 0 Å². The maximum absolute atomic E-state index is 11.3. The molecule has 0 aliphatic carbocycles. The van der Waals surface area contributed by atoms with Crippen molar-refractivity contribution in [1.82, 2.24) is 10.2 Å². The molecule has 0 aromatic heterocycles. The lowest BCUT2D eigenvalue weighted by Gasteiger charge is -2.17. The summed E-state index contributed by atoms with van der Waals surface area (Å²) < 4.78 is 0. The molecule has 3 heteroatoms. The molecule has 1 amide bonds. The molecule has 0 saturated heterocycles. The van der Waals surface area contributed by atoms with E-state index in [9.17, 15) is 4.79 Å². The Morgan fingerprint density at radius 3 is 2.31 bits per heavy atom. The number of hydrogen-bond acceptors (Lipinski definition) is 2. The van der Waals surface area contributed by atoms with Crippen LogP contribution >= 0.6 is 0 Å². The Hall–Kier alpha value is -0.570. The van der Waals surface area contributed by atoms with Crippen molar-refractivity contribution >= 4 is 5.91 Å². The van der Waals surface area contributed by atoms with Gasteiger partial charge in [0.1, 0.15) is 0 Å². The Balaban J connectivity index is 3.29. The molecule has 16 heavy (non-hydrogen) atoms. The minimum absolute atomic E-state index is 0.213. The van der Waals surface area contributed by atoms with E-state index in [1.54, 1.807) is 0 Å². The molecule has 1 N–H and O–H groups in total. The number of hydrogen-bond donors (Lipinski definition) is 1. The molecule has 0 atom stereocenters. The molecule has 0 unspecified atom stereocenters. The molecule has 0 spiro atoms. The van der Waals surface area contributed by atoms with Crippen LogP contribution in [0.4, 0.5) is 0 Å². The Bertz CT molecular complexity index is 167. The number of nitrogens with one attached hydrogen (secondary N) is 1. The average Bonchev–Trinajstić information content (AvgIpc) is 2.31. The maximum Gasteiger partial charge on any atom is 0.219 e. The fourth-order valence-electron chi connectivity index (χ4n) is 1.65. The molecule has 96 valence electrons. The Morgan fingerprint density at radius 1 is 1.06 bits per heavy atom. The minimum Gasteiger partial charge on any atom is -0.356 e. The second-order valence-electron chi connectivity index (χ2n) is 4.19. The van der Waals surface area contributed by atoms with Crippen molar-refractivity contribution in [2.24, 2.45) is 0 Å². The Kier molecular flexibility index (Phi) is 10.5. The quantitative estimate of drug-likeness (QED) is 0.582. The first-order chi connectivity index (χ1) is 7.74. The first-order valence-electron chi connectivity index (χ1n) is 6.73.